The van der Waals surface area contributed by atoms with E-state index >= 15 is 0 Å². The first-order chi connectivity index (χ1) is 15.6. The number of amides is 1. The summed E-state index contributed by atoms with van der Waals surface area (Å²) < 4.78 is 45.9. The van der Waals surface area contributed by atoms with Gasteiger partial charge in [0.05, 0.1) is 11.8 Å². The van der Waals surface area contributed by atoms with E-state index in [4.69, 9.17) is 12.2 Å². The van der Waals surface area contributed by atoms with Crippen LogP contribution in [0.25, 0.3) is 11.3 Å². The number of nitrogens with zero attached hydrogens (tertiary/aromatic N) is 3. The summed E-state index contributed by atoms with van der Waals surface area (Å²) in [6.45, 7) is 0.579. The zero-order valence-corrected chi connectivity index (χ0v) is 19.0. The van der Waals surface area contributed by atoms with Crippen LogP contribution >= 0.6 is 12.2 Å². The first-order valence-corrected chi connectivity index (χ1v) is 11.1. The van der Waals surface area contributed by atoms with Gasteiger partial charge >= 0.3 is 6.61 Å². The Morgan fingerprint density at radius 1 is 1.42 bits per heavy atom. The maximum Gasteiger partial charge on any atom is 0.387 e. The zero-order valence-electron chi connectivity index (χ0n) is 18.2. The Balaban J connectivity index is 1.67. The second kappa shape index (κ2) is 8.78. The molecule has 0 radical (unpaired) electrons. The predicted octanol–water partition coefficient (Wildman–Crippen LogP) is 4.52. The van der Waals surface area contributed by atoms with Crippen molar-refractivity contribution < 1.29 is 22.7 Å². The summed E-state index contributed by atoms with van der Waals surface area (Å²) in [5.74, 6) is -1.22. The third-order valence-corrected chi connectivity index (χ3v) is 6.53. The summed E-state index contributed by atoms with van der Waals surface area (Å²) in [4.78, 5) is 13.9. The molecule has 174 valence electrons. The van der Waals surface area contributed by atoms with Gasteiger partial charge in [-0.3, -0.25) is 9.48 Å². The minimum atomic E-state index is -3.04. The third-order valence-electron chi connectivity index (χ3n) is 6.24. The molecule has 0 bridgehead atoms. The number of alkyl halides is 2. The van der Waals surface area contributed by atoms with Gasteiger partial charge in [0.15, 0.2) is 0 Å². The molecule has 1 aromatic carbocycles. The van der Waals surface area contributed by atoms with Gasteiger partial charge in [-0.1, -0.05) is 12.2 Å². The molecule has 6 nitrogen and oxygen atoms in total. The lowest BCUT2D eigenvalue weighted by Crippen LogP contribution is -2.56. The lowest BCUT2D eigenvalue weighted by Gasteiger charge is -2.41. The number of thiocarbonyl (C=S) groups is 1. The van der Waals surface area contributed by atoms with Crippen LogP contribution < -0.4 is 10.1 Å². The minimum Gasteiger partial charge on any atom is -0.435 e. The van der Waals surface area contributed by atoms with Crippen LogP contribution in [-0.4, -0.2) is 32.7 Å². The average molecular weight is 477 g/mol. The molecule has 1 amide bonds. The molecular formula is C23H23F3N4O2S. The fourth-order valence-electron chi connectivity index (χ4n) is 4.62. The second-order valence-corrected chi connectivity index (χ2v) is 9.50. The number of benzene rings is 1. The highest BCUT2D eigenvalue weighted by molar-refractivity contribution is 7.80. The average Bonchev–Trinajstić information content (AvgIpc) is 3.11. The van der Waals surface area contributed by atoms with Crippen LogP contribution in [0.5, 0.6) is 5.75 Å². The Hall–Kier alpha value is -2.93. The minimum absolute atomic E-state index is 0.0201. The lowest BCUT2D eigenvalue weighted by molar-refractivity contribution is -0.127. The van der Waals surface area contributed by atoms with Gasteiger partial charge in [0.2, 0.25) is 5.91 Å². The maximum absolute atomic E-state index is 14.7. The van der Waals surface area contributed by atoms with Crippen LogP contribution in [0.15, 0.2) is 18.2 Å². The topological polar surface area (TPSA) is 79.9 Å². The number of aromatic nitrogens is 2. The van der Waals surface area contributed by atoms with Crippen molar-refractivity contribution >= 4 is 23.0 Å². The molecule has 0 aliphatic heterocycles. The Morgan fingerprint density at radius 2 is 2.15 bits per heavy atom. The molecule has 1 aromatic heterocycles. The summed E-state index contributed by atoms with van der Waals surface area (Å²) in [5, 5.41) is 17.1. The molecule has 2 aromatic rings. The summed E-state index contributed by atoms with van der Waals surface area (Å²) in [5.41, 5.74) is 1.37. The third kappa shape index (κ3) is 4.60. The zero-order chi connectivity index (χ0) is 23.9. The summed E-state index contributed by atoms with van der Waals surface area (Å²) in [6, 6.07) is 4.83. The molecule has 4 rings (SSSR count). The molecule has 1 unspecified atom stereocenters. The van der Waals surface area contributed by atoms with Crippen molar-refractivity contribution in [3.63, 3.8) is 0 Å². The molecule has 1 saturated carbocycles. The second-order valence-electron chi connectivity index (χ2n) is 8.93. The van der Waals surface area contributed by atoms with Crippen molar-refractivity contribution in [2.75, 3.05) is 0 Å². The van der Waals surface area contributed by atoms with E-state index in [1.165, 1.54) is 10.7 Å². The predicted molar refractivity (Wildman–Crippen MR) is 118 cm³/mol. The van der Waals surface area contributed by atoms with E-state index in [1.807, 2.05) is 6.92 Å². The Bertz CT molecular complexity index is 1150. The number of hydrogen-bond acceptors (Lipinski definition) is 5. The highest BCUT2D eigenvalue weighted by atomic mass is 32.1. The molecule has 33 heavy (non-hydrogen) atoms. The van der Waals surface area contributed by atoms with Crippen molar-refractivity contribution in [2.45, 2.75) is 64.1 Å². The van der Waals surface area contributed by atoms with Crippen LogP contribution in [0.3, 0.4) is 0 Å². The number of carbonyl (C=O) groups is 1. The first kappa shape index (κ1) is 23.2. The number of fused-ring (bicyclic) bond motifs is 1. The van der Waals surface area contributed by atoms with E-state index in [2.05, 4.69) is 21.2 Å². The molecular weight excluding hydrogens is 453 g/mol. The molecule has 1 heterocycles. The Kier molecular flexibility index (Phi) is 6.18. The highest BCUT2D eigenvalue weighted by Gasteiger charge is 2.40. The standard InChI is InChI=1S/C23H23F3N4O2S/c1-12(11-27)30-19-7-13(21(31)28-23(2)9-15(33)10-23)3-5-16(19)20(29-30)17-8-14(32-22(25)26)4-6-18(17)24/h4,6,8,12-13,22H,3,5,7,9-10H2,1-2H3,(H,28,31)/t12?,13-/m1/s1. The van der Waals surface area contributed by atoms with Crippen LogP contribution in [-0.2, 0) is 17.6 Å². The first-order valence-electron chi connectivity index (χ1n) is 10.7. The Labute approximate surface area is 194 Å². The summed E-state index contributed by atoms with van der Waals surface area (Å²) >= 11 is 5.17. The monoisotopic (exact) mass is 476 g/mol. The van der Waals surface area contributed by atoms with Crippen molar-refractivity contribution in [3.8, 4) is 23.1 Å². The van der Waals surface area contributed by atoms with E-state index in [9.17, 15) is 23.2 Å². The normalized spacial score (nSPS) is 19.9. The van der Waals surface area contributed by atoms with E-state index < -0.39 is 18.5 Å². The number of ether oxygens (including phenoxy) is 1. The van der Waals surface area contributed by atoms with Gasteiger partial charge in [-0.25, -0.2) is 4.39 Å². The van der Waals surface area contributed by atoms with Gasteiger partial charge in [0.1, 0.15) is 17.6 Å². The highest BCUT2D eigenvalue weighted by Crippen LogP contribution is 2.38. The quantitative estimate of drug-likeness (QED) is 0.621. The number of rotatable bonds is 6. The van der Waals surface area contributed by atoms with Crippen LogP contribution in [0, 0.1) is 23.1 Å². The maximum atomic E-state index is 14.7. The van der Waals surface area contributed by atoms with Crippen LogP contribution in [0.4, 0.5) is 13.2 Å². The van der Waals surface area contributed by atoms with E-state index in [-0.39, 0.29) is 34.4 Å². The van der Waals surface area contributed by atoms with Crippen LogP contribution in [0.1, 0.15) is 50.4 Å². The molecule has 2 atom stereocenters. The number of hydrogen-bond donors (Lipinski definition) is 1. The van der Waals surface area contributed by atoms with Gasteiger partial charge in [-0.05, 0) is 49.8 Å². The van der Waals surface area contributed by atoms with Crippen LogP contribution in [0.2, 0.25) is 0 Å². The number of nitrogens with one attached hydrogen (secondary N) is 1. The largest absolute Gasteiger partial charge is 0.435 e. The molecule has 2 aliphatic carbocycles. The lowest BCUT2D eigenvalue weighted by atomic mass is 9.77. The molecule has 1 N–H and O–H groups in total. The van der Waals surface area contributed by atoms with E-state index in [0.29, 0.717) is 43.4 Å². The molecule has 0 spiro atoms. The number of carbonyl (C=O) groups excluding carboxylic acids is 1. The van der Waals surface area contributed by atoms with Crippen molar-refractivity contribution in [2.24, 2.45) is 5.92 Å². The fourth-order valence-corrected chi connectivity index (χ4v) is 5.26. The van der Waals surface area contributed by atoms with Gasteiger partial charge < -0.3 is 10.1 Å². The smallest absolute Gasteiger partial charge is 0.387 e. The molecule has 2 aliphatic rings. The van der Waals surface area contributed by atoms with Crippen molar-refractivity contribution in [3.05, 3.63) is 35.3 Å². The SMILES string of the molecule is CC(C#N)n1nc(-c2cc(OC(F)F)ccc2F)c2c1C[C@H](C(=O)NC1(C)CC(=S)C1)CC2. The van der Waals surface area contributed by atoms with Crippen molar-refractivity contribution in [1.82, 2.24) is 15.1 Å². The van der Waals surface area contributed by atoms with Gasteiger partial charge in [-0.15, -0.1) is 0 Å². The van der Waals surface area contributed by atoms with Gasteiger partial charge in [0.25, 0.3) is 0 Å². The fraction of sp³-hybridized carbons (Fsp3) is 0.478. The molecule has 10 heteroatoms. The molecule has 1 fully saturated rings. The summed E-state index contributed by atoms with van der Waals surface area (Å²) in [7, 11) is 0. The van der Waals surface area contributed by atoms with E-state index in [0.717, 1.165) is 17.0 Å². The number of halogens is 3. The van der Waals surface area contributed by atoms with Gasteiger partial charge in [-0.2, -0.15) is 19.1 Å². The Morgan fingerprint density at radius 3 is 2.79 bits per heavy atom. The molecule has 0 saturated heterocycles. The summed E-state index contributed by atoms with van der Waals surface area (Å²) in [6.07, 6.45) is 2.66. The van der Waals surface area contributed by atoms with Gasteiger partial charge in [0, 0.05) is 47.5 Å². The van der Waals surface area contributed by atoms with Crippen molar-refractivity contribution in [1.29, 1.82) is 5.26 Å². The van der Waals surface area contributed by atoms with E-state index in [1.54, 1.807) is 6.92 Å². The number of nitriles is 1.